The highest BCUT2D eigenvalue weighted by atomic mass is 79.9. The molecule has 1 aromatic heterocycles. The average molecular weight is 286 g/mol. The number of carbonyl (C=O) groups is 1. The molecule has 2 aromatic rings. The van der Waals surface area contributed by atoms with Gasteiger partial charge in [-0.15, -0.1) is 0 Å². The van der Waals surface area contributed by atoms with Gasteiger partial charge < -0.3 is 9.30 Å². The summed E-state index contributed by atoms with van der Waals surface area (Å²) in [6.45, 7) is 0. The van der Waals surface area contributed by atoms with E-state index in [4.69, 9.17) is 0 Å². The van der Waals surface area contributed by atoms with Gasteiger partial charge in [0.15, 0.2) is 0 Å². The molecule has 0 bridgehead atoms. The second-order valence-corrected chi connectivity index (χ2v) is 4.34. The van der Waals surface area contributed by atoms with Crippen LogP contribution in [0.5, 0.6) is 0 Å². The molecule has 84 valence electrons. The largest absolute Gasteiger partial charge is 0.465 e. The Bertz CT molecular complexity index is 577. The lowest BCUT2D eigenvalue weighted by atomic mass is 10.1. The van der Waals surface area contributed by atoms with Crippen LogP contribution in [0.3, 0.4) is 0 Å². The number of aryl methyl sites for hydroxylation is 1. The van der Waals surface area contributed by atoms with Gasteiger partial charge in [0.2, 0.25) is 0 Å². The molecule has 0 aliphatic rings. The van der Waals surface area contributed by atoms with Crippen LogP contribution in [0.25, 0.3) is 10.9 Å². The highest BCUT2D eigenvalue weighted by Gasteiger charge is 2.18. The molecule has 0 fully saturated rings. The zero-order valence-electron chi connectivity index (χ0n) is 8.75. The van der Waals surface area contributed by atoms with Gasteiger partial charge >= 0.3 is 5.97 Å². The van der Waals surface area contributed by atoms with Gasteiger partial charge in [-0.2, -0.15) is 0 Å². The minimum absolute atomic E-state index is 0.241. The summed E-state index contributed by atoms with van der Waals surface area (Å²) in [7, 11) is 3.03. The summed E-state index contributed by atoms with van der Waals surface area (Å²) in [5, 5.41) is 0.289. The van der Waals surface area contributed by atoms with Crippen LogP contribution in [-0.4, -0.2) is 17.6 Å². The summed E-state index contributed by atoms with van der Waals surface area (Å²) < 4.78 is 20.7. The molecule has 0 aliphatic carbocycles. The molecule has 0 unspecified atom stereocenters. The number of hydrogen-bond acceptors (Lipinski definition) is 2. The summed E-state index contributed by atoms with van der Waals surface area (Å²) in [6, 6.07) is 3.08. The van der Waals surface area contributed by atoms with Gasteiger partial charge in [0.05, 0.1) is 23.6 Å². The van der Waals surface area contributed by atoms with Crippen molar-refractivity contribution in [1.29, 1.82) is 0 Å². The van der Waals surface area contributed by atoms with Crippen LogP contribution in [0.1, 0.15) is 10.4 Å². The van der Waals surface area contributed by atoms with Crippen molar-refractivity contribution in [3.8, 4) is 0 Å². The predicted molar refractivity (Wildman–Crippen MR) is 61.9 cm³/mol. The second kappa shape index (κ2) is 3.90. The van der Waals surface area contributed by atoms with Crippen molar-refractivity contribution in [3.05, 3.63) is 34.2 Å². The minimum atomic E-state index is -0.535. The van der Waals surface area contributed by atoms with E-state index in [2.05, 4.69) is 20.7 Å². The molecule has 0 atom stereocenters. The average Bonchev–Trinajstić information content (AvgIpc) is 2.55. The summed E-state index contributed by atoms with van der Waals surface area (Å²) in [4.78, 5) is 11.5. The maximum Gasteiger partial charge on any atom is 0.340 e. The third kappa shape index (κ3) is 1.61. The molecule has 0 radical (unpaired) electrons. The standard InChI is InChI=1S/C11H9BrFNO2/c1-14-5-7(11(15)16-2)10-8(13)3-6(12)4-9(10)14/h3-5H,1-2H3. The molecule has 0 saturated carbocycles. The van der Waals surface area contributed by atoms with Gasteiger partial charge in [-0.1, -0.05) is 15.9 Å². The van der Waals surface area contributed by atoms with E-state index in [1.54, 1.807) is 23.9 Å². The zero-order valence-corrected chi connectivity index (χ0v) is 10.3. The van der Waals surface area contributed by atoms with E-state index < -0.39 is 11.8 Å². The van der Waals surface area contributed by atoms with Gasteiger partial charge in [-0.3, -0.25) is 0 Å². The normalized spacial score (nSPS) is 10.8. The molecule has 0 saturated heterocycles. The molecule has 5 heteroatoms. The van der Waals surface area contributed by atoms with Gasteiger partial charge in [-0.25, -0.2) is 9.18 Å². The summed E-state index contributed by atoms with van der Waals surface area (Å²) in [6.07, 6.45) is 1.56. The van der Waals surface area contributed by atoms with Crippen LogP contribution in [-0.2, 0) is 11.8 Å². The lowest BCUT2D eigenvalue weighted by molar-refractivity contribution is 0.0602. The van der Waals surface area contributed by atoms with Gasteiger partial charge in [0.25, 0.3) is 0 Å². The van der Waals surface area contributed by atoms with Crippen molar-refractivity contribution in [2.45, 2.75) is 0 Å². The Balaban J connectivity index is 2.83. The number of esters is 1. The number of fused-ring (bicyclic) bond motifs is 1. The van der Waals surface area contributed by atoms with Crippen molar-refractivity contribution in [2.24, 2.45) is 7.05 Å². The van der Waals surface area contributed by atoms with E-state index in [-0.39, 0.29) is 10.9 Å². The number of aromatic nitrogens is 1. The first-order valence-electron chi connectivity index (χ1n) is 4.57. The Morgan fingerprint density at radius 3 is 2.81 bits per heavy atom. The third-order valence-corrected chi connectivity index (χ3v) is 2.87. The number of rotatable bonds is 1. The first-order chi connectivity index (χ1) is 7.54. The van der Waals surface area contributed by atoms with Crippen LogP contribution < -0.4 is 0 Å². The van der Waals surface area contributed by atoms with Gasteiger partial charge in [-0.05, 0) is 12.1 Å². The molecule has 0 aliphatic heterocycles. The fourth-order valence-corrected chi connectivity index (χ4v) is 2.12. The molecule has 0 amide bonds. The van der Waals surface area contributed by atoms with E-state index in [0.717, 1.165) is 0 Å². The number of halogens is 2. The minimum Gasteiger partial charge on any atom is -0.465 e. The Hall–Kier alpha value is -1.36. The van der Waals surface area contributed by atoms with Crippen LogP contribution >= 0.6 is 15.9 Å². The fourth-order valence-electron chi connectivity index (χ4n) is 1.70. The van der Waals surface area contributed by atoms with Crippen LogP contribution in [0, 0.1) is 5.82 Å². The summed E-state index contributed by atoms with van der Waals surface area (Å²) in [5.41, 5.74) is 0.886. The Morgan fingerprint density at radius 2 is 2.19 bits per heavy atom. The Labute approximate surface area is 99.9 Å². The number of hydrogen-bond donors (Lipinski definition) is 0. The van der Waals surface area contributed by atoms with Crippen molar-refractivity contribution >= 4 is 32.8 Å². The first-order valence-corrected chi connectivity index (χ1v) is 5.36. The van der Waals surface area contributed by atoms with Crippen LogP contribution in [0.15, 0.2) is 22.8 Å². The molecular formula is C11H9BrFNO2. The van der Waals surface area contributed by atoms with Crippen molar-refractivity contribution in [3.63, 3.8) is 0 Å². The van der Waals surface area contributed by atoms with E-state index in [1.807, 2.05) is 0 Å². The SMILES string of the molecule is COC(=O)c1cn(C)c2cc(Br)cc(F)c12. The van der Waals surface area contributed by atoms with E-state index in [9.17, 15) is 9.18 Å². The lowest BCUT2D eigenvalue weighted by Gasteiger charge is -1.99. The molecule has 1 aromatic carbocycles. The maximum absolute atomic E-state index is 13.8. The van der Waals surface area contributed by atoms with E-state index in [1.165, 1.54) is 13.2 Å². The van der Waals surface area contributed by atoms with E-state index >= 15 is 0 Å². The topological polar surface area (TPSA) is 31.2 Å². The van der Waals surface area contributed by atoms with Gasteiger partial charge in [0, 0.05) is 17.7 Å². The smallest absolute Gasteiger partial charge is 0.340 e. The highest BCUT2D eigenvalue weighted by molar-refractivity contribution is 9.10. The summed E-state index contributed by atoms with van der Waals surface area (Å²) >= 11 is 3.21. The summed E-state index contributed by atoms with van der Waals surface area (Å²) in [5.74, 6) is -0.975. The maximum atomic E-state index is 13.8. The monoisotopic (exact) mass is 285 g/mol. The van der Waals surface area contributed by atoms with Crippen LogP contribution in [0.2, 0.25) is 0 Å². The van der Waals surface area contributed by atoms with Crippen LogP contribution in [0.4, 0.5) is 4.39 Å². The third-order valence-electron chi connectivity index (χ3n) is 2.41. The molecule has 16 heavy (non-hydrogen) atoms. The second-order valence-electron chi connectivity index (χ2n) is 3.43. The Morgan fingerprint density at radius 1 is 1.50 bits per heavy atom. The number of carbonyl (C=O) groups excluding carboxylic acids is 1. The molecule has 3 nitrogen and oxygen atoms in total. The van der Waals surface area contributed by atoms with Crippen molar-refractivity contribution in [2.75, 3.05) is 7.11 Å². The first kappa shape index (κ1) is 11.1. The molecule has 2 rings (SSSR count). The molecule has 0 spiro atoms. The Kier molecular flexibility index (Phi) is 2.71. The van der Waals surface area contributed by atoms with Gasteiger partial charge in [0.1, 0.15) is 5.82 Å². The quantitative estimate of drug-likeness (QED) is 0.755. The number of ether oxygens (including phenoxy) is 1. The lowest BCUT2D eigenvalue weighted by Crippen LogP contribution is -2.00. The molecule has 0 N–H and O–H groups in total. The van der Waals surface area contributed by atoms with Crippen molar-refractivity contribution < 1.29 is 13.9 Å². The number of benzene rings is 1. The fraction of sp³-hybridized carbons (Fsp3) is 0.182. The molecule has 1 heterocycles. The highest BCUT2D eigenvalue weighted by Crippen LogP contribution is 2.27. The van der Waals surface area contributed by atoms with E-state index in [0.29, 0.717) is 9.99 Å². The number of methoxy groups -OCH3 is 1. The molecular weight excluding hydrogens is 277 g/mol. The zero-order chi connectivity index (χ0) is 11.9. The number of nitrogens with zero attached hydrogens (tertiary/aromatic N) is 1. The predicted octanol–water partition coefficient (Wildman–Crippen LogP) is 2.87. The van der Waals surface area contributed by atoms with Crippen molar-refractivity contribution in [1.82, 2.24) is 4.57 Å².